The molecular weight excluding hydrogens is 341 g/mol. The van der Waals surface area contributed by atoms with Gasteiger partial charge in [0.25, 0.3) is 5.89 Å². The highest BCUT2D eigenvalue weighted by molar-refractivity contribution is 7.22. The zero-order chi connectivity index (χ0) is 17.6. The van der Waals surface area contributed by atoms with E-state index in [0.29, 0.717) is 23.6 Å². The maximum atomic E-state index is 14.1. The first kappa shape index (κ1) is 16.2. The van der Waals surface area contributed by atoms with Crippen molar-refractivity contribution in [3.8, 4) is 10.8 Å². The van der Waals surface area contributed by atoms with Gasteiger partial charge in [0.05, 0.1) is 4.88 Å². The summed E-state index contributed by atoms with van der Waals surface area (Å²) in [5, 5.41) is 4.75. The van der Waals surface area contributed by atoms with E-state index in [2.05, 4.69) is 10.1 Å². The van der Waals surface area contributed by atoms with Gasteiger partial charge in [0.15, 0.2) is 5.82 Å². The highest BCUT2D eigenvalue weighted by Gasteiger charge is 2.27. The lowest BCUT2D eigenvalue weighted by Crippen LogP contribution is -2.37. The smallest absolute Gasteiger partial charge is 0.268 e. The van der Waals surface area contributed by atoms with Gasteiger partial charge in [-0.2, -0.15) is 4.98 Å². The fourth-order valence-corrected chi connectivity index (χ4v) is 4.57. The highest BCUT2D eigenvalue weighted by Crippen LogP contribution is 2.39. The van der Waals surface area contributed by atoms with Gasteiger partial charge in [0.1, 0.15) is 5.82 Å². The summed E-state index contributed by atoms with van der Waals surface area (Å²) in [7, 11) is 0. The number of carbonyl (C=O) groups excluding carboxylic acids is 1. The summed E-state index contributed by atoms with van der Waals surface area (Å²) in [5.41, 5.74) is 0.822. The molecule has 3 heterocycles. The molecule has 1 fully saturated rings. The number of piperidine rings is 1. The molecule has 2 aromatic heterocycles. The Morgan fingerprint density at radius 2 is 2.28 bits per heavy atom. The van der Waals surface area contributed by atoms with Gasteiger partial charge in [0.2, 0.25) is 5.91 Å². The summed E-state index contributed by atoms with van der Waals surface area (Å²) >= 11 is 1.46. The molecule has 1 aliphatic heterocycles. The number of nitrogens with zero attached hydrogens (tertiary/aromatic N) is 3. The van der Waals surface area contributed by atoms with Crippen molar-refractivity contribution < 1.29 is 13.7 Å². The van der Waals surface area contributed by atoms with Crippen LogP contribution >= 0.6 is 11.3 Å². The van der Waals surface area contributed by atoms with Gasteiger partial charge in [0, 0.05) is 36.0 Å². The minimum atomic E-state index is -0.235. The number of thiophene rings is 1. The zero-order valence-corrected chi connectivity index (χ0v) is 14.9. The lowest BCUT2D eigenvalue weighted by atomic mass is 9.97. The number of hydrogen-bond acceptors (Lipinski definition) is 5. The highest BCUT2D eigenvalue weighted by atomic mass is 32.1. The molecule has 1 aromatic carbocycles. The van der Waals surface area contributed by atoms with Crippen LogP contribution < -0.4 is 0 Å². The Morgan fingerprint density at radius 3 is 3.04 bits per heavy atom. The number of hydrogen-bond donors (Lipinski definition) is 0. The molecule has 7 heteroatoms. The van der Waals surface area contributed by atoms with Gasteiger partial charge < -0.3 is 9.42 Å². The van der Waals surface area contributed by atoms with Crippen LogP contribution in [0.1, 0.15) is 37.1 Å². The Kier molecular flexibility index (Phi) is 4.03. The second-order valence-electron chi connectivity index (χ2n) is 6.43. The Morgan fingerprint density at radius 1 is 1.44 bits per heavy atom. The minimum Gasteiger partial charge on any atom is -0.342 e. The SMILES string of the molecule is CC(=O)N1CCCC(c2noc(-c3sc4cccc(F)c4c3C)n2)C1. The van der Waals surface area contributed by atoms with Gasteiger partial charge in [-0.1, -0.05) is 11.2 Å². The summed E-state index contributed by atoms with van der Waals surface area (Å²) < 4.78 is 20.4. The minimum absolute atomic E-state index is 0.0734. The van der Waals surface area contributed by atoms with Crippen LogP contribution in [0.5, 0.6) is 0 Å². The molecule has 0 bridgehead atoms. The van der Waals surface area contributed by atoms with E-state index in [1.165, 1.54) is 17.4 Å². The maximum absolute atomic E-state index is 14.1. The van der Waals surface area contributed by atoms with Gasteiger partial charge in [-0.3, -0.25) is 4.79 Å². The first-order chi connectivity index (χ1) is 12.0. The van der Waals surface area contributed by atoms with Crippen molar-refractivity contribution in [2.75, 3.05) is 13.1 Å². The molecule has 0 N–H and O–H groups in total. The van der Waals surface area contributed by atoms with Crippen molar-refractivity contribution in [1.82, 2.24) is 15.0 Å². The number of carbonyl (C=O) groups is 1. The van der Waals surface area contributed by atoms with Crippen LogP contribution in [0, 0.1) is 12.7 Å². The Labute approximate surface area is 148 Å². The standard InChI is InChI=1S/C18H18FN3O2S/c1-10-15-13(19)6-3-7-14(15)25-16(10)18-20-17(21-24-18)12-5-4-8-22(9-12)11(2)23/h3,6-7,12H,4-5,8-9H2,1-2H3. The number of likely N-dealkylation sites (tertiary alicyclic amines) is 1. The molecule has 25 heavy (non-hydrogen) atoms. The topological polar surface area (TPSA) is 59.2 Å². The van der Waals surface area contributed by atoms with Crippen molar-refractivity contribution in [3.05, 3.63) is 35.4 Å². The third-order valence-electron chi connectivity index (χ3n) is 4.77. The molecule has 130 valence electrons. The van der Waals surface area contributed by atoms with E-state index in [9.17, 15) is 9.18 Å². The number of amides is 1. The number of benzene rings is 1. The van der Waals surface area contributed by atoms with Crippen molar-refractivity contribution in [1.29, 1.82) is 0 Å². The molecule has 1 amide bonds. The van der Waals surface area contributed by atoms with E-state index in [0.717, 1.165) is 34.5 Å². The number of halogens is 1. The van der Waals surface area contributed by atoms with Crippen LogP contribution in [-0.4, -0.2) is 34.0 Å². The Bertz CT molecular complexity index is 949. The van der Waals surface area contributed by atoms with Gasteiger partial charge >= 0.3 is 0 Å². The number of rotatable bonds is 2. The predicted molar refractivity (Wildman–Crippen MR) is 94.0 cm³/mol. The molecule has 1 unspecified atom stereocenters. The largest absolute Gasteiger partial charge is 0.342 e. The van der Waals surface area contributed by atoms with E-state index >= 15 is 0 Å². The number of aromatic nitrogens is 2. The monoisotopic (exact) mass is 359 g/mol. The number of aryl methyl sites for hydroxylation is 1. The molecule has 3 aromatic rings. The van der Waals surface area contributed by atoms with Crippen LogP contribution in [0.3, 0.4) is 0 Å². The fraction of sp³-hybridized carbons (Fsp3) is 0.389. The molecule has 1 saturated heterocycles. The van der Waals surface area contributed by atoms with E-state index in [1.807, 2.05) is 17.9 Å². The summed E-state index contributed by atoms with van der Waals surface area (Å²) in [6, 6.07) is 5.06. The average molecular weight is 359 g/mol. The van der Waals surface area contributed by atoms with E-state index in [4.69, 9.17) is 4.52 Å². The molecule has 0 saturated carbocycles. The molecule has 0 aliphatic carbocycles. The van der Waals surface area contributed by atoms with E-state index in [1.54, 1.807) is 13.0 Å². The van der Waals surface area contributed by atoms with E-state index in [-0.39, 0.29) is 17.6 Å². The molecule has 0 radical (unpaired) electrons. The normalized spacial score (nSPS) is 18.0. The first-order valence-electron chi connectivity index (χ1n) is 8.31. The lowest BCUT2D eigenvalue weighted by molar-refractivity contribution is -0.130. The summed E-state index contributed by atoms with van der Waals surface area (Å²) in [5.74, 6) is 0.971. The zero-order valence-electron chi connectivity index (χ0n) is 14.1. The van der Waals surface area contributed by atoms with Crippen LogP contribution in [0.4, 0.5) is 4.39 Å². The van der Waals surface area contributed by atoms with Crippen LogP contribution in [0.25, 0.3) is 20.9 Å². The van der Waals surface area contributed by atoms with Crippen LogP contribution in [0.15, 0.2) is 22.7 Å². The second kappa shape index (κ2) is 6.22. The number of fused-ring (bicyclic) bond motifs is 1. The van der Waals surface area contributed by atoms with Crippen molar-refractivity contribution in [2.24, 2.45) is 0 Å². The fourth-order valence-electron chi connectivity index (χ4n) is 3.42. The second-order valence-corrected chi connectivity index (χ2v) is 7.48. The quantitative estimate of drug-likeness (QED) is 0.690. The third kappa shape index (κ3) is 2.82. The van der Waals surface area contributed by atoms with Crippen molar-refractivity contribution in [2.45, 2.75) is 32.6 Å². The van der Waals surface area contributed by atoms with Crippen LogP contribution in [0.2, 0.25) is 0 Å². The molecular formula is C18H18FN3O2S. The molecule has 1 aliphatic rings. The summed E-state index contributed by atoms with van der Waals surface area (Å²) in [4.78, 5) is 18.8. The van der Waals surface area contributed by atoms with Gasteiger partial charge in [-0.05, 0) is 37.5 Å². The molecule has 1 atom stereocenters. The maximum Gasteiger partial charge on any atom is 0.268 e. The third-order valence-corrected chi connectivity index (χ3v) is 6.02. The molecule has 0 spiro atoms. The Hall–Kier alpha value is -2.28. The van der Waals surface area contributed by atoms with Gasteiger partial charge in [-0.25, -0.2) is 4.39 Å². The first-order valence-corrected chi connectivity index (χ1v) is 9.13. The predicted octanol–water partition coefficient (Wildman–Crippen LogP) is 4.12. The van der Waals surface area contributed by atoms with Crippen molar-refractivity contribution >= 4 is 27.3 Å². The summed E-state index contributed by atoms with van der Waals surface area (Å²) in [6.45, 7) is 4.86. The summed E-state index contributed by atoms with van der Waals surface area (Å²) in [6.07, 6.45) is 1.87. The van der Waals surface area contributed by atoms with Gasteiger partial charge in [-0.15, -0.1) is 11.3 Å². The van der Waals surface area contributed by atoms with Crippen molar-refractivity contribution in [3.63, 3.8) is 0 Å². The van der Waals surface area contributed by atoms with E-state index < -0.39 is 0 Å². The lowest BCUT2D eigenvalue weighted by Gasteiger charge is -2.30. The molecule has 4 rings (SSSR count). The average Bonchev–Trinajstić information content (AvgIpc) is 3.21. The molecule has 5 nitrogen and oxygen atoms in total. The Balaban J connectivity index is 1.67. The van der Waals surface area contributed by atoms with Crippen LogP contribution in [-0.2, 0) is 4.79 Å².